The average Bonchev–Trinajstić information content (AvgIpc) is 3.06. The molecule has 2 amide bonds. The first-order valence-corrected chi connectivity index (χ1v) is 11.5. The van der Waals surface area contributed by atoms with Gasteiger partial charge < -0.3 is 10.6 Å². The number of benzene rings is 2. The van der Waals surface area contributed by atoms with Gasteiger partial charge in [0.15, 0.2) is 0 Å². The molecule has 0 saturated heterocycles. The smallest absolute Gasteiger partial charge is 0.319 e. The third kappa shape index (κ3) is 3.71. The van der Waals surface area contributed by atoms with Crippen LogP contribution < -0.4 is 14.9 Å². The lowest BCUT2D eigenvalue weighted by molar-refractivity contribution is 0.216. The zero-order valence-corrected chi connectivity index (χ0v) is 16.7. The van der Waals surface area contributed by atoms with E-state index in [0.29, 0.717) is 30.3 Å². The molecule has 2 aromatic rings. The summed E-state index contributed by atoms with van der Waals surface area (Å²) < 4.78 is 25.3. The average molecular weight is 400 g/mol. The number of carbonyl (C=O) groups is 1. The molecule has 1 aliphatic carbocycles. The highest BCUT2D eigenvalue weighted by Crippen LogP contribution is 2.38. The van der Waals surface area contributed by atoms with Gasteiger partial charge in [0.05, 0.1) is 18.0 Å². The third-order valence-corrected chi connectivity index (χ3v) is 6.88. The van der Waals surface area contributed by atoms with Crippen molar-refractivity contribution in [3.63, 3.8) is 0 Å². The number of nitrogens with zero attached hydrogens (tertiary/aromatic N) is 1. The van der Waals surface area contributed by atoms with E-state index in [2.05, 4.69) is 10.6 Å². The summed E-state index contributed by atoms with van der Waals surface area (Å²) in [5.41, 5.74) is 3.30. The van der Waals surface area contributed by atoms with Crippen molar-refractivity contribution >= 4 is 27.4 Å². The van der Waals surface area contributed by atoms with E-state index >= 15 is 0 Å². The van der Waals surface area contributed by atoms with E-state index < -0.39 is 10.0 Å². The van der Waals surface area contributed by atoms with E-state index in [1.54, 1.807) is 12.1 Å². The lowest BCUT2D eigenvalue weighted by atomic mass is 9.77. The number of amides is 2. The van der Waals surface area contributed by atoms with Crippen molar-refractivity contribution in [1.82, 2.24) is 5.32 Å². The van der Waals surface area contributed by atoms with Crippen LogP contribution in [0.5, 0.6) is 0 Å². The molecule has 6 nitrogen and oxygen atoms in total. The molecule has 2 N–H and O–H groups in total. The molecule has 0 bridgehead atoms. The zero-order chi connectivity index (χ0) is 19.7. The summed E-state index contributed by atoms with van der Waals surface area (Å²) in [7, 11) is -3.32. The number of nitrogens with one attached hydrogen (secondary N) is 2. The molecule has 0 radical (unpaired) electrons. The Balaban J connectivity index is 1.52. The Morgan fingerprint density at radius 1 is 1.11 bits per heavy atom. The second-order valence-electron chi connectivity index (χ2n) is 7.57. The summed E-state index contributed by atoms with van der Waals surface area (Å²) in [4.78, 5) is 12.8. The van der Waals surface area contributed by atoms with Gasteiger partial charge in [0.25, 0.3) is 0 Å². The van der Waals surface area contributed by atoms with Crippen LogP contribution in [0.4, 0.5) is 16.2 Å². The van der Waals surface area contributed by atoms with Gasteiger partial charge in [-0.3, -0.25) is 4.31 Å². The van der Waals surface area contributed by atoms with Crippen LogP contribution in [0.1, 0.15) is 36.4 Å². The van der Waals surface area contributed by atoms with E-state index in [1.165, 1.54) is 17.0 Å². The van der Waals surface area contributed by atoms with E-state index in [-0.39, 0.29) is 12.1 Å². The normalized spacial score (nSPS) is 17.5. The largest absolute Gasteiger partial charge is 0.331 e. The van der Waals surface area contributed by atoms with E-state index in [9.17, 15) is 13.2 Å². The number of carbonyl (C=O) groups excluding carboxylic acids is 1. The summed E-state index contributed by atoms with van der Waals surface area (Å²) in [6.07, 6.45) is 5.22. The van der Waals surface area contributed by atoms with E-state index in [4.69, 9.17) is 0 Å². The van der Waals surface area contributed by atoms with Crippen LogP contribution >= 0.6 is 0 Å². The fraction of sp³-hybridized carbons (Fsp3) is 0.381. The molecule has 28 heavy (non-hydrogen) atoms. The van der Waals surface area contributed by atoms with Gasteiger partial charge in [0.2, 0.25) is 10.0 Å². The molecule has 1 unspecified atom stereocenters. The summed E-state index contributed by atoms with van der Waals surface area (Å²) in [5.74, 6) is 0.454. The van der Waals surface area contributed by atoms with E-state index in [0.717, 1.165) is 24.0 Å². The predicted octanol–water partition coefficient (Wildman–Crippen LogP) is 3.67. The maximum absolute atomic E-state index is 12.8. The first-order chi connectivity index (χ1) is 13.4. The van der Waals surface area contributed by atoms with Crippen molar-refractivity contribution in [2.45, 2.75) is 31.7 Å². The van der Waals surface area contributed by atoms with Crippen LogP contribution in [0.25, 0.3) is 0 Å². The van der Waals surface area contributed by atoms with Gasteiger partial charge in [0, 0.05) is 17.8 Å². The van der Waals surface area contributed by atoms with E-state index in [1.807, 2.05) is 36.4 Å². The Labute approximate surface area is 166 Å². The lowest BCUT2D eigenvalue weighted by Crippen LogP contribution is -2.38. The summed E-state index contributed by atoms with van der Waals surface area (Å²) in [6.45, 7) is 0.406. The molecular weight excluding hydrogens is 374 g/mol. The topological polar surface area (TPSA) is 78.5 Å². The Morgan fingerprint density at radius 2 is 1.86 bits per heavy atom. The molecule has 148 valence electrons. The van der Waals surface area contributed by atoms with Crippen molar-refractivity contribution in [2.24, 2.45) is 5.92 Å². The minimum absolute atomic E-state index is 0.0146. The fourth-order valence-electron chi connectivity index (χ4n) is 4.07. The molecule has 7 heteroatoms. The number of sulfonamides is 1. The summed E-state index contributed by atoms with van der Waals surface area (Å²) in [5, 5.41) is 6.08. The quantitative estimate of drug-likeness (QED) is 0.805. The SMILES string of the molecule is CS(=O)(=O)N1CCc2c(NC(=O)NC(c3ccccc3)C3CCC3)cccc21. The number of fused-ring (bicyclic) bond motifs is 1. The van der Waals surface area contributed by atoms with Gasteiger partial charge in [-0.1, -0.05) is 42.8 Å². The highest BCUT2D eigenvalue weighted by molar-refractivity contribution is 7.92. The third-order valence-electron chi connectivity index (χ3n) is 5.70. The summed E-state index contributed by atoms with van der Waals surface area (Å²) >= 11 is 0. The van der Waals surface area contributed by atoms with Gasteiger partial charge in [-0.05, 0) is 42.9 Å². The van der Waals surface area contributed by atoms with Crippen LogP contribution in [0, 0.1) is 5.92 Å². The Hall–Kier alpha value is -2.54. The number of rotatable bonds is 5. The predicted molar refractivity (Wildman–Crippen MR) is 111 cm³/mol. The fourth-order valence-corrected chi connectivity index (χ4v) is 5.02. The van der Waals surface area contributed by atoms with Crippen molar-refractivity contribution in [3.05, 3.63) is 59.7 Å². The molecule has 2 aromatic carbocycles. The number of hydrogen-bond donors (Lipinski definition) is 2. The Bertz CT molecular complexity index is 972. The van der Waals surface area contributed by atoms with Crippen LogP contribution in [0.3, 0.4) is 0 Å². The first-order valence-electron chi connectivity index (χ1n) is 9.65. The molecule has 4 rings (SSSR count). The Morgan fingerprint density at radius 3 is 2.50 bits per heavy atom. The van der Waals surface area contributed by atoms with Crippen LogP contribution in [0.2, 0.25) is 0 Å². The van der Waals surface area contributed by atoms with Crippen LogP contribution in [-0.2, 0) is 16.4 Å². The second-order valence-corrected chi connectivity index (χ2v) is 9.47. The minimum atomic E-state index is -3.32. The van der Waals surface area contributed by atoms with Crippen LogP contribution in [-0.4, -0.2) is 27.2 Å². The molecule has 1 atom stereocenters. The van der Waals surface area contributed by atoms with Crippen molar-refractivity contribution in [1.29, 1.82) is 0 Å². The molecule has 1 heterocycles. The summed E-state index contributed by atoms with van der Waals surface area (Å²) in [6, 6.07) is 15.2. The molecule has 2 aliphatic rings. The Kier molecular flexibility index (Phi) is 5.02. The maximum Gasteiger partial charge on any atom is 0.319 e. The molecule has 0 spiro atoms. The highest BCUT2D eigenvalue weighted by Gasteiger charge is 2.31. The zero-order valence-electron chi connectivity index (χ0n) is 15.9. The van der Waals surface area contributed by atoms with Crippen LogP contribution in [0.15, 0.2) is 48.5 Å². The monoisotopic (exact) mass is 399 g/mol. The van der Waals surface area contributed by atoms with Gasteiger partial charge in [-0.25, -0.2) is 13.2 Å². The minimum Gasteiger partial charge on any atom is -0.331 e. The van der Waals surface area contributed by atoms with Crippen molar-refractivity contribution in [3.8, 4) is 0 Å². The number of urea groups is 1. The molecular formula is C21H25N3O3S. The number of hydrogen-bond acceptors (Lipinski definition) is 3. The van der Waals surface area contributed by atoms with Crippen molar-refractivity contribution in [2.75, 3.05) is 22.4 Å². The second kappa shape index (κ2) is 7.47. The molecule has 0 aromatic heterocycles. The van der Waals surface area contributed by atoms with Gasteiger partial charge in [-0.15, -0.1) is 0 Å². The maximum atomic E-state index is 12.8. The highest BCUT2D eigenvalue weighted by atomic mass is 32.2. The molecule has 1 aliphatic heterocycles. The van der Waals surface area contributed by atoms with Gasteiger partial charge in [-0.2, -0.15) is 0 Å². The lowest BCUT2D eigenvalue weighted by Gasteiger charge is -2.34. The molecule has 1 saturated carbocycles. The number of anilines is 2. The van der Waals surface area contributed by atoms with Gasteiger partial charge in [0.1, 0.15) is 0 Å². The van der Waals surface area contributed by atoms with Gasteiger partial charge >= 0.3 is 6.03 Å². The first kappa shape index (κ1) is 18.8. The van der Waals surface area contributed by atoms with Crippen molar-refractivity contribution < 1.29 is 13.2 Å². The standard InChI is InChI=1S/C21H25N3O3S/c1-28(26,27)24-14-13-17-18(11-6-12-19(17)24)22-21(25)23-20(16-9-5-10-16)15-7-3-2-4-8-15/h2-4,6-8,11-12,16,20H,5,9-10,13-14H2,1H3,(H2,22,23,25). The molecule has 1 fully saturated rings.